The molecule has 3 aromatic rings. The number of benzene rings is 3. The van der Waals surface area contributed by atoms with E-state index in [1.54, 1.807) is 23.9 Å². The smallest absolute Gasteiger partial charge is 0.240 e. The third-order valence-electron chi connectivity index (χ3n) is 4.28. The van der Waals surface area contributed by atoms with Crippen molar-refractivity contribution in [3.05, 3.63) is 77.8 Å². The van der Waals surface area contributed by atoms with Crippen molar-refractivity contribution in [2.75, 3.05) is 18.0 Å². The maximum atomic E-state index is 12.5. The maximum Gasteiger partial charge on any atom is 0.240 e. The van der Waals surface area contributed by atoms with Crippen molar-refractivity contribution in [1.29, 1.82) is 0 Å². The van der Waals surface area contributed by atoms with Gasteiger partial charge in [0.1, 0.15) is 0 Å². The first-order valence-corrected chi connectivity index (χ1v) is 11.1. The fourth-order valence-corrected chi connectivity index (χ4v) is 5.25. The monoisotopic (exact) mass is 416 g/mol. The van der Waals surface area contributed by atoms with Crippen LogP contribution in [-0.4, -0.2) is 21.5 Å². The Hall–Kier alpha value is -1.99. The van der Waals surface area contributed by atoms with Gasteiger partial charge in [-0.1, -0.05) is 47.6 Å². The van der Waals surface area contributed by atoms with Crippen LogP contribution in [0.1, 0.15) is 0 Å². The lowest BCUT2D eigenvalue weighted by Gasteiger charge is -2.32. The van der Waals surface area contributed by atoms with Crippen molar-refractivity contribution in [2.45, 2.75) is 14.7 Å². The first-order chi connectivity index (χ1) is 13.0. The molecule has 0 spiro atoms. The molecule has 0 unspecified atom stereocenters. The number of fused-ring (bicyclic) bond motifs is 2. The highest BCUT2D eigenvalue weighted by Gasteiger charge is 2.23. The second-order valence-corrected chi connectivity index (χ2v) is 9.33. The predicted octanol–water partition coefficient (Wildman–Crippen LogP) is 4.92. The summed E-state index contributed by atoms with van der Waals surface area (Å²) in [5.41, 5.74) is 2.18. The molecular formula is C20H17ClN2O2S2. The van der Waals surface area contributed by atoms with E-state index < -0.39 is 10.0 Å². The van der Waals surface area contributed by atoms with Crippen LogP contribution < -0.4 is 9.62 Å². The molecule has 0 aliphatic carbocycles. The summed E-state index contributed by atoms with van der Waals surface area (Å²) in [6.45, 7) is 0.819. The normalized spacial score (nSPS) is 13.1. The lowest BCUT2D eigenvalue weighted by Crippen LogP contribution is -2.33. The molecule has 27 heavy (non-hydrogen) atoms. The summed E-state index contributed by atoms with van der Waals surface area (Å²) in [7, 11) is -3.57. The molecule has 0 radical (unpaired) electrons. The molecule has 0 bridgehead atoms. The zero-order chi connectivity index (χ0) is 18.9. The molecular weight excluding hydrogens is 400 g/mol. The Labute approximate surface area is 168 Å². The average Bonchev–Trinajstić information content (AvgIpc) is 2.67. The minimum absolute atomic E-state index is 0.210. The SMILES string of the molecule is O=S(=O)(NCCN1c2ccccc2Sc2ccccc21)c1ccc(Cl)cc1. The lowest BCUT2D eigenvalue weighted by atomic mass is 10.2. The number of para-hydroxylation sites is 2. The van der Waals surface area contributed by atoms with Gasteiger partial charge < -0.3 is 4.90 Å². The Morgan fingerprint density at radius 1 is 0.852 bits per heavy atom. The summed E-state index contributed by atoms with van der Waals surface area (Å²) in [6, 6.07) is 22.5. The number of sulfonamides is 1. The molecule has 7 heteroatoms. The van der Waals surface area contributed by atoms with Crippen LogP contribution in [0, 0.1) is 0 Å². The van der Waals surface area contributed by atoms with Crippen LogP contribution >= 0.6 is 23.4 Å². The number of halogens is 1. The van der Waals surface area contributed by atoms with E-state index >= 15 is 0 Å². The highest BCUT2D eigenvalue weighted by atomic mass is 35.5. The summed E-state index contributed by atoms with van der Waals surface area (Å²) in [5.74, 6) is 0. The highest BCUT2D eigenvalue weighted by molar-refractivity contribution is 7.99. The van der Waals surface area contributed by atoms with E-state index in [9.17, 15) is 8.42 Å². The van der Waals surface area contributed by atoms with E-state index in [1.165, 1.54) is 12.1 Å². The zero-order valence-corrected chi connectivity index (χ0v) is 16.7. The van der Waals surface area contributed by atoms with Gasteiger partial charge in [0, 0.05) is 27.9 Å². The quantitative estimate of drug-likeness (QED) is 0.641. The topological polar surface area (TPSA) is 49.4 Å². The van der Waals surface area contributed by atoms with E-state index in [4.69, 9.17) is 11.6 Å². The van der Waals surface area contributed by atoms with Crippen LogP contribution in [0.3, 0.4) is 0 Å². The van der Waals surface area contributed by atoms with Crippen LogP contribution in [0.2, 0.25) is 5.02 Å². The standard InChI is InChI=1S/C20H17ClN2O2S2/c21-15-9-11-16(12-10-15)27(24,25)22-13-14-23-17-5-1-3-7-19(17)26-20-8-4-2-6-18(20)23/h1-12,22H,13-14H2. The third kappa shape index (κ3) is 3.84. The molecule has 0 aromatic heterocycles. The second kappa shape index (κ2) is 7.56. The summed E-state index contributed by atoms with van der Waals surface area (Å²) in [4.78, 5) is 4.70. The summed E-state index contributed by atoms with van der Waals surface area (Å²) in [5, 5.41) is 0.507. The minimum Gasteiger partial charge on any atom is -0.338 e. The molecule has 1 aliphatic heterocycles. The van der Waals surface area contributed by atoms with E-state index in [0.29, 0.717) is 11.6 Å². The van der Waals surface area contributed by atoms with Crippen molar-refractivity contribution < 1.29 is 8.42 Å². The van der Waals surface area contributed by atoms with Gasteiger partial charge in [-0.2, -0.15) is 0 Å². The average molecular weight is 417 g/mol. The fourth-order valence-electron chi connectivity index (χ4n) is 3.01. The van der Waals surface area contributed by atoms with E-state index in [2.05, 4.69) is 33.9 Å². The first-order valence-electron chi connectivity index (χ1n) is 8.43. The van der Waals surface area contributed by atoms with Gasteiger partial charge in [0.05, 0.1) is 16.3 Å². The molecule has 0 fully saturated rings. The molecule has 1 aliphatic rings. The van der Waals surface area contributed by atoms with Gasteiger partial charge in [-0.3, -0.25) is 0 Å². The molecule has 0 atom stereocenters. The van der Waals surface area contributed by atoms with Gasteiger partial charge in [0.2, 0.25) is 10.0 Å². The van der Waals surface area contributed by atoms with Crippen molar-refractivity contribution >= 4 is 44.8 Å². The molecule has 4 rings (SSSR count). The molecule has 0 amide bonds. The number of hydrogen-bond acceptors (Lipinski definition) is 4. The van der Waals surface area contributed by atoms with Crippen LogP contribution in [-0.2, 0) is 10.0 Å². The summed E-state index contributed by atoms with van der Waals surface area (Å²) < 4.78 is 27.7. The Kier molecular flexibility index (Phi) is 5.14. The van der Waals surface area contributed by atoms with E-state index in [-0.39, 0.29) is 11.4 Å². The van der Waals surface area contributed by atoms with Crippen molar-refractivity contribution in [1.82, 2.24) is 4.72 Å². The van der Waals surface area contributed by atoms with E-state index in [1.807, 2.05) is 24.3 Å². The Bertz CT molecular complexity index is 1020. The summed E-state index contributed by atoms with van der Waals surface area (Å²) >= 11 is 7.57. The van der Waals surface area contributed by atoms with Crippen molar-refractivity contribution in [3.63, 3.8) is 0 Å². The van der Waals surface area contributed by atoms with E-state index in [0.717, 1.165) is 21.2 Å². The molecule has 0 saturated carbocycles. The largest absolute Gasteiger partial charge is 0.338 e. The van der Waals surface area contributed by atoms with Crippen LogP contribution in [0.4, 0.5) is 11.4 Å². The van der Waals surface area contributed by atoms with Gasteiger partial charge in [-0.15, -0.1) is 0 Å². The van der Waals surface area contributed by atoms with Gasteiger partial charge in [0.15, 0.2) is 0 Å². The van der Waals surface area contributed by atoms with Crippen LogP contribution in [0.5, 0.6) is 0 Å². The molecule has 1 heterocycles. The van der Waals surface area contributed by atoms with Crippen molar-refractivity contribution in [3.8, 4) is 0 Å². The van der Waals surface area contributed by atoms with Crippen molar-refractivity contribution in [2.24, 2.45) is 0 Å². The first kappa shape index (κ1) is 18.4. The molecule has 1 N–H and O–H groups in total. The van der Waals surface area contributed by atoms with Gasteiger partial charge >= 0.3 is 0 Å². The summed E-state index contributed by atoms with van der Waals surface area (Å²) in [6.07, 6.45) is 0. The van der Waals surface area contributed by atoms with Gasteiger partial charge in [0.25, 0.3) is 0 Å². The third-order valence-corrected chi connectivity index (χ3v) is 7.14. The van der Waals surface area contributed by atoms with Gasteiger partial charge in [-0.25, -0.2) is 13.1 Å². The Morgan fingerprint density at radius 3 is 2.00 bits per heavy atom. The zero-order valence-electron chi connectivity index (χ0n) is 14.3. The fraction of sp³-hybridized carbons (Fsp3) is 0.100. The van der Waals surface area contributed by atoms with Crippen LogP contribution in [0.15, 0.2) is 87.5 Å². The highest BCUT2D eigenvalue weighted by Crippen LogP contribution is 2.47. The second-order valence-electron chi connectivity index (χ2n) is 6.04. The lowest BCUT2D eigenvalue weighted by molar-refractivity contribution is 0.582. The Balaban J connectivity index is 1.54. The Morgan fingerprint density at radius 2 is 1.41 bits per heavy atom. The maximum absolute atomic E-state index is 12.5. The number of hydrogen-bond donors (Lipinski definition) is 1. The molecule has 0 saturated heterocycles. The number of anilines is 2. The van der Waals surface area contributed by atoms with Crippen LogP contribution in [0.25, 0.3) is 0 Å². The molecule has 4 nitrogen and oxygen atoms in total. The van der Waals surface area contributed by atoms with Gasteiger partial charge in [-0.05, 0) is 48.5 Å². The number of rotatable bonds is 5. The minimum atomic E-state index is -3.57. The number of nitrogens with zero attached hydrogens (tertiary/aromatic N) is 1. The predicted molar refractivity (Wildman–Crippen MR) is 111 cm³/mol. The molecule has 138 valence electrons. The number of nitrogens with one attached hydrogen (secondary N) is 1. The molecule has 3 aromatic carbocycles.